The summed E-state index contributed by atoms with van der Waals surface area (Å²) in [4.78, 5) is 0.532. The molecule has 3 aromatic rings. The van der Waals surface area contributed by atoms with Crippen LogP contribution in [0, 0.1) is 0 Å². The van der Waals surface area contributed by atoms with Gasteiger partial charge in [0.25, 0.3) is 0 Å². The van der Waals surface area contributed by atoms with Crippen molar-refractivity contribution in [2.75, 3.05) is 6.54 Å². The van der Waals surface area contributed by atoms with Crippen LogP contribution in [-0.4, -0.2) is 19.3 Å². The SMILES string of the molecule is CC(C)c1cc(C(C)C)c(S(=O)(=O)N2C[C@H]2c2cccc3ccccc23)c(C(C)C)c1. The van der Waals surface area contributed by atoms with Gasteiger partial charge in [-0.2, -0.15) is 4.31 Å². The van der Waals surface area contributed by atoms with E-state index in [0.717, 1.165) is 27.5 Å². The average Bonchev–Trinajstić information content (AvgIpc) is 3.53. The molecule has 0 bridgehead atoms. The van der Waals surface area contributed by atoms with Crippen molar-refractivity contribution in [2.24, 2.45) is 0 Å². The fourth-order valence-corrected chi connectivity index (χ4v) is 6.69. The monoisotopic (exact) mass is 435 g/mol. The van der Waals surface area contributed by atoms with Gasteiger partial charge >= 0.3 is 0 Å². The molecule has 1 saturated heterocycles. The number of benzene rings is 3. The van der Waals surface area contributed by atoms with E-state index in [0.29, 0.717) is 17.4 Å². The maximum Gasteiger partial charge on any atom is 0.244 e. The van der Waals surface area contributed by atoms with Crippen molar-refractivity contribution in [3.8, 4) is 0 Å². The average molecular weight is 436 g/mol. The molecular formula is C27H33NO2S. The van der Waals surface area contributed by atoms with Crippen molar-refractivity contribution in [2.45, 2.75) is 70.2 Å². The van der Waals surface area contributed by atoms with E-state index in [1.807, 2.05) is 18.2 Å². The van der Waals surface area contributed by atoms with Gasteiger partial charge < -0.3 is 0 Å². The number of nitrogens with zero attached hydrogens (tertiary/aromatic N) is 1. The second-order valence-corrected chi connectivity index (χ2v) is 11.5. The zero-order valence-electron chi connectivity index (χ0n) is 19.4. The Morgan fingerprint density at radius 1 is 0.806 bits per heavy atom. The number of hydrogen-bond donors (Lipinski definition) is 0. The van der Waals surface area contributed by atoms with E-state index in [-0.39, 0.29) is 17.9 Å². The lowest BCUT2D eigenvalue weighted by Gasteiger charge is -2.23. The lowest BCUT2D eigenvalue weighted by Crippen LogP contribution is -2.19. The quantitative estimate of drug-likeness (QED) is 0.393. The third-order valence-electron chi connectivity index (χ3n) is 6.40. The Hall–Kier alpha value is -2.17. The molecule has 164 valence electrons. The highest BCUT2D eigenvalue weighted by Crippen LogP contribution is 2.46. The molecule has 0 spiro atoms. The molecule has 0 radical (unpaired) electrons. The van der Waals surface area contributed by atoms with Crippen LogP contribution in [0.15, 0.2) is 59.5 Å². The van der Waals surface area contributed by atoms with E-state index in [1.165, 1.54) is 5.56 Å². The van der Waals surface area contributed by atoms with Crippen molar-refractivity contribution in [3.63, 3.8) is 0 Å². The molecule has 1 fully saturated rings. The lowest BCUT2D eigenvalue weighted by molar-refractivity contribution is 0.549. The summed E-state index contributed by atoms with van der Waals surface area (Å²) in [5.41, 5.74) is 4.19. The Morgan fingerprint density at radius 2 is 1.39 bits per heavy atom. The predicted molar refractivity (Wildman–Crippen MR) is 129 cm³/mol. The predicted octanol–water partition coefficient (Wildman–Crippen LogP) is 6.96. The summed E-state index contributed by atoms with van der Waals surface area (Å²) in [6.45, 7) is 13.2. The minimum atomic E-state index is -3.59. The van der Waals surface area contributed by atoms with Gasteiger partial charge in [0.2, 0.25) is 10.0 Å². The first kappa shape index (κ1) is 22.0. The van der Waals surface area contributed by atoms with Gasteiger partial charge in [0.05, 0.1) is 10.9 Å². The highest BCUT2D eigenvalue weighted by atomic mass is 32.2. The van der Waals surface area contributed by atoms with Crippen molar-refractivity contribution < 1.29 is 8.42 Å². The fraction of sp³-hybridized carbons (Fsp3) is 0.407. The van der Waals surface area contributed by atoms with Crippen molar-refractivity contribution >= 4 is 20.8 Å². The first-order valence-electron chi connectivity index (χ1n) is 11.3. The summed E-state index contributed by atoms with van der Waals surface area (Å²) in [7, 11) is -3.59. The molecule has 0 saturated carbocycles. The van der Waals surface area contributed by atoms with Gasteiger partial charge in [0, 0.05) is 6.54 Å². The van der Waals surface area contributed by atoms with Gasteiger partial charge in [-0.25, -0.2) is 8.42 Å². The Balaban J connectivity index is 1.83. The smallest absolute Gasteiger partial charge is 0.207 e. The fourth-order valence-electron chi connectivity index (χ4n) is 4.49. The zero-order chi connectivity index (χ0) is 22.5. The van der Waals surface area contributed by atoms with Crippen LogP contribution in [0.25, 0.3) is 10.8 Å². The molecule has 0 amide bonds. The summed E-state index contributed by atoms with van der Waals surface area (Å²) in [5, 5.41) is 2.28. The molecule has 1 aliphatic rings. The number of rotatable bonds is 6. The Bertz CT molecular complexity index is 1190. The van der Waals surface area contributed by atoms with Gasteiger partial charge in [-0.15, -0.1) is 0 Å². The number of sulfonamides is 1. The minimum Gasteiger partial charge on any atom is -0.207 e. The van der Waals surface area contributed by atoms with Gasteiger partial charge in [-0.05, 0) is 50.8 Å². The summed E-state index contributed by atoms with van der Waals surface area (Å²) in [5.74, 6) is 0.630. The Morgan fingerprint density at radius 3 is 1.97 bits per heavy atom. The summed E-state index contributed by atoms with van der Waals surface area (Å²) < 4.78 is 29.6. The summed E-state index contributed by atoms with van der Waals surface area (Å²) >= 11 is 0. The standard InChI is InChI=1S/C27H33NO2S/c1-17(2)21-14-24(18(3)4)27(25(15-21)19(5)6)31(29,30)28-16-26(28)23-13-9-11-20-10-7-8-12-22(20)23/h7-15,17-19,26H,16H2,1-6H3/t26-,28?/m0/s1. The topological polar surface area (TPSA) is 37.1 Å². The van der Waals surface area contributed by atoms with Crippen LogP contribution in [0.1, 0.15) is 87.6 Å². The second-order valence-electron chi connectivity index (χ2n) is 9.65. The molecule has 4 heteroatoms. The van der Waals surface area contributed by atoms with Crippen molar-refractivity contribution in [3.05, 3.63) is 76.9 Å². The molecule has 3 nitrogen and oxygen atoms in total. The summed E-state index contributed by atoms with van der Waals surface area (Å²) in [6, 6.07) is 18.5. The lowest BCUT2D eigenvalue weighted by atomic mass is 9.89. The van der Waals surface area contributed by atoms with Crippen LogP contribution in [0.3, 0.4) is 0 Å². The molecule has 0 aromatic heterocycles. The number of hydrogen-bond acceptors (Lipinski definition) is 2. The van der Waals surface area contributed by atoms with Crippen LogP contribution in [-0.2, 0) is 10.0 Å². The van der Waals surface area contributed by atoms with E-state index in [9.17, 15) is 8.42 Å². The Labute approximate surface area is 187 Å². The molecule has 0 aliphatic carbocycles. The normalized spacial score (nSPS) is 19.0. The molecular weight excluding hydrogens is 402 g/mol. The van der Waals surface area contributed by atoms with E-state index >= 15 is 0 Å². The highest BCUT2D eigenvalue weighted by Gasteiger charge is 2.47. The van der Waals surface area contributed by atoms with Crippen molar-refractivity contribution in [1.82, 2.24) is 4.31 Å². The van der Waals surface area contributed by atoms with Gasteiger partial charge in [-0.1, -0.05) is 96.1 Å². The van der Waals surface area contributed by atoms with Crippen LogP contribution in [0.4, 0.5) is 0 Å². The molecule has 1 aliphatic heterocycles. The molecule has 4 rings (SSSR count). The van der Waals surface area contributed by atoms with Crippen LogP contribution < -0.4 is 0 Å². The first-order valence-corrected chi connectivity index (χ1v) is 12.7. The van der Waals surface area contributed by atoms with E-state index in [2.05, 4.69) is 77.9 Å². The molecule has 1 heterocycles. The maximum atomic E-state index is 14.0. The highest BCUT2D eigenvalue weighted by molar-refractivity contribution is 7.89. The molecule has 3 aromatic carbocycles. The molecule has 0 N–H and O–H groups in total. The van der Waals surface area contributed by atoms with E-state index in [4.69, 9.17) is 0 Å². The van der Waals surface area contributed by atoms with Crippen molar-refractivity contribution in [1.29, 1.82) is 0 Å². The van der Waals surface area contributed by atoms with Gasteiger partial charge in [0.15, 0.2) is 0 Å². The van der Waals surface area contributed by atoms with Gasteiger partial charge in [0.1, 0.15) is 0 Å². The van der Waals surface area contributed by atoms with E-state index < -0.39 is 10.0 Å². The largest absolute Gasteiger partial charge is 0.244 e. The third kappa shape index (κ3) is 3.92. The van der Waals surface area contributed by atoms with Gasteiger partial charge in [-0.3, -0.25) is 0 Å². The van der Waals surface area contributed by atoms with Crippen LogP contribution in [0.2, 0.25) is 0 Å². The third-order valence-corrected chi connectivity index (χ3v) is 8.40. The number of fused-ring (bicyclic) bond motifs is 1. The van der Waals surface area contributed by atoms with Crippen LogP contribution in [0.5, 0.6) is 0 Å². The molecule has 2 atom stereocenters. The molecule has 1 unspecified atom stereocenters. The minimum absolute atomic E-state index is 0.0964. The summed E-state index contributed by atoms with van der Waals surface area (Å²) in [6.07, 6.45) is 0. The first-order chi connectivity index (χ1) is 14.6. The zero-order valence-corrected chi connectivity index (χ0v) is 20.2. The Kier molecular flexibility index (Phi) is 5.74. The van der Waals surface area contributed by atoms with E-state index in [1.54, 1.807) is 4.31 Å². The second kappa shape index (κ2) is 8.07. The maximum absolute atomic E-state index is 14.0. The van der Waals surface area contributed by atoms with Crippen LogP contribution >= 0.6 is 0 Å². The molecule has 31 heavy (non-hydrogen) atoms.